The summed E-state index contributed by atoms with van der Waals surface area (Å²) < 4.78 is 58.0. The normalized spacial score (nSPS) is 53.9. The van der Waals surface area contributed by atoms with Crippen molar-refractivity contribution >= 4 is 0 Å². The Bertz CT molecular complexity index is 688. The smallest absolute Gasteiger partial charge is 0.280 e. The molecule has 0 radical (unpaired) electrons. The molecule has 4 bridgehead atoms. The number of ether oxygens (including phenoxy) is 10. The van der Waals surface area contributed by atoms with Gasteiger partial charge in [-0.25, -0.2) is 0 Å². The molecule has 6 saturated heterocycles. The number of hydrogen-bond acceptors (Lipinski definition) is 10. The van der Waals surface area contributed by atoms with Crippen LogP contribution in [0.3, 0.4) is 0 Å². The molecule has 0 aromatic carbocycles. The second-order valence-electron chi connectivity index (χ2n) is 8.66. The van der Waals surface area contributed by atoms with Crippen molar-refractivity contribution in [3.8, 4) is 0 Å². The van der Waals surface area contributed by atoms with Crippen molar-refractivity contribution in [2.24, 2.45) is 0 Å². The first kappa shape index (κ1) is 19.8. The van der Waals surface area contributed by atoms with Gasteiger partial charge >= 0.3 is 0 Å². The van der Waals surface area contributed by atoms with Gasteiger partial charge in [-0.1, -0.05) is 0 Å². The first-order valence-electron chi connectivity index (χ1n) is 10.7. The Hall–Kier alpha value is -0.820. The van der Waals surface area contributed by atoms with Gasteiger partial charge in [-0.3, -0.25) is 0 Å². The minimum absolute atomic E-state index is 0.0941. The van der Waals surface area contributed by atoms with Crippen molar-refractivity contribution in [1.29, 1.82) is 0 Å². The summed E-state index contributed by atoms with van der Waals surface area (Å²) in [5.41, 5.74) is 0. The highest BCUT2D eigenvalue weighted by molar-refractivity contribution is 4.99. The van der Waals surface area contributed by atoms with Crippen molar-refractivity contribution in [2.75, 3.05) is 33.0 Å². The SMILES string of the molecule is CC12OC[C@H](O1)[C@H]1OC[C@H](O/C=C/CCO[C@H]3CO[C@H]4[C@@H]3OC3(C)OC[C@@H]4O3)[C@H]1O2. The molecular weight excluding hydrogens is 400 g/mol. The van der Waals surface area contributed by atoms with E-state index in [0.29, 0.717) is 39.5 Å². The average molecular weight is 428 g/mol. The van der Waals surface area contributed by atoms with Gasteiger partial charge in [0.25, 0.3) is 11.9 Å². The van der Waals surface area contributed by atoms with Crippen LogP contribution in [-0.4, -0.2) is 93.8 Å². The number of rotatable bonds is 6. The standard InChI is InChI=1S/C20H28O10/c1-19-25-9-13(27-19)15-17(29-19)11(7-23-15)21-5-3-4-6-22-12-8-24-16-14-10-26-20(2,28-14)30-18(12)16/h3,5,11-18H,4,6-10H2,1-2H3/b5-3+/t11-,12-,13-,14-,15+,16+,17+,18+,19?,20?/m0/s1. The van der Waals surface area contributed by atoms with Gasteiger partial charge in [0.05, 0.1) is 39.3 Å². The molecule has 0 spiro atoms. The summed E-state index contributed by atoms with van der Waals surface area (Å²) in [5, 5.41) is 0. The molecule has 10 atom stereocenters. The molecule has 0 aromatic heterocycles. The maximum Gasteiger partial charge on any atom is 0.280 e. The Labute approximate surface area is 174 Å². The zero-order valence-corrected chi connectivity index (χ0v) is 17.1. The van der Waals surface area contributed by atoms with Crippen LogP contribution in [0.15, 0.2) is 12.3 Å². The van der Waals surface area contributed by atoms with Gasteiger partial charge < -0.3 is 47.4 Å². The third kappa shape index (κ3) is 3.39. The lowest BCUT2D eigenvalue weighted by atomic mass is 10.1. The molecule has 6 aliphatic rings. The summed E-state index contributed by atoms with van der Waals surface area (Å²) in [6, 6.07) is 0. The van der Waals surface area contributed by atoms with E-state index < -0.39 is 11.9 Å². The van der Waals surface area contributed by atoms with E-state index in [1.54, 1.807) is 20.1 Å². The maximum atomic E-state index is 6.00. The minimum atomic E-state index is -0.992. The van der Waals surface area contributed by atoms with Crippen LogP contribution in [0.2, 0.25) is 0 Å². The van der Waals surface area contributed by atoms with E-state index >= 15 is 0 Å². The van der Waals surface area contributed by atoms with E-state index in [-0.39, 0.29) is 48.8 Å². The topological polar surface area (TPSA) is 92.3 Å². The summed E-state index contributed by atoms with van der Waals surface area (Å²) in [7, 11) is 0. The monoisotopic (exact) mass is 428 g/mol. The predicted molar refractivity (Wildman–Crippen MR) is 96.1 cm³/mol. The van der Waals surface area contributed by atoms with Crippen LogP contribution in [0.25, 0.3) is 0 Å². The fourth-order valence-electron chi connectivity index (χ4n) is 5.00. The molecule has 168 valence electrons. The van der Waals surface area contributed by atoms with E-state index in [4.69, 9.17) is 47.4 Å². The zero-order chi connectivity index (χ0) is 20.3. The first-order valence-corrected chi connectivity index (χ1v) is 10.7. The molecule has 0 amide bonds. The molecule has 0 aromatic rings. The van der Waals surface area contributed by atoms with Crippen molar-refractivity contribution in [1.82, 2.24) is 0 Å². The fraction of sp³-hybridized carbons (Fsp3) is 0.900. The second-order valence-corrected chi connectivity index (χ2v) is 8.66. The van der Waals surface area contributed by atoms with Crippen LogP contribution in [-0.2, 0) is 47.4 Å². The van der Waals surface area contributed by atoms with Crippen LogP contribution in [0.5, 0.6) is 0 Å². The fourth-order valence-corrected chi connectivity index (χ4v) is 5.00. The van der Waals surface area contributed by atoms with Crippen LogP contribution >= 0.6 is 0 Å². The summed E-state index contributed by atoms with van der Waals surface area (Å²) >= 11 is 0. The van der Waals surface area contributed by atoms with E-state index in [1.807, 2.05) is 6.08 Å². The van der Waals surface area contributed by atoms with Gasteiger partial charge in [0, 0.05) is 13.8 Å². The highest BCUT2D eigenvalue weighted by atomic mass is 16.9. The summed E-state index contributed by atoms with van der Waals surface area (Å²) in [6.45, 7) is 6.03. The molecule has 0 aliphatic carbocycles. The Morgan fingerprint density at radius 3 is 2.03 bits per heavy atom. The van der Waals surface area contributed by atoms with Crippen LogP contribution < -0.4 is 0 Å². The van der Waals surface area contributed by atoms with E-state index in [2.05, 4.69) is 0 Å². The van der Waals surface area contributed by atoms with Gasteiger partial charge in [-0.2, -0.15) is 0 Å². The summed E-state index contributed by atoms with van der Waals surface area (Å²) in [4.78, 5) is 0. The molecule has 6 aliphatic heterocycles. The third-order valence-electron chi connectivity index (χ3n) is 6.44. The van der Waals surface area contributed by atoms with Crippen LogP contribution in [0.1, 0.15) is 20.3 Å². The molecule has 2 unspecified atom stereocenters. The predicted octanol–water partition coefficient (Wildman–Crippen LogP) is 0.434. The largest absolute Gasteiger partial charge is 0.493 e. The van der Waals surface area contributed by atoms with E-state index in [9.17, 15) is 0 Å². The number of hydrogen-bond donors (Lipinski definition) is 0. The van der Waals surface area contributed by atoms with Gasteiger partial charge in [0.15, 0.2) is 0 Å². The van der Waals surface area contributed by atoms with Crippen LogP contribution in [0.4, 0.5) is 0 Å². The molecule has 6 heterocycles. The Morgan fingerprint density at radius 2 is 1.37 bits per heavy atom. The molecule has 30 heavy (non-hydrogen) atoms. The van der Waals surface area contributed by atoms with Crippen molar-refractivity contribution in [2.45, 2.75) is 81.0 Å². The van der Waals surface area contributed by atoms with Gasteiger partial charge in [0.2, 0.25) is 0 Å². The molecule has 10 heteroatoms. The third-order valence-corrected chi connectivity index (χ3v) is 6.44. The molecule has 6 rings (SSSR count). The zero-order valence-electron chi connectivity index (χ0n) is 17.1. The maximum absolute atomic E-state index is 6.00. The quantitative estimate of drug-likeness (QED) is 0.438. The van der Waals surface area contributed by atoms with Crippen LogP contribution in [0, 0.1) is 0 Å². The summed E-state index contributed by atoms with van der Waals surface area (Å²) in [5.74, 6) is -1.97. The second kappa shape index (κ2) is 7.36. The lowest BCUT2D eigenvalue weighted by Crippen LogP contribution is -2.52. The summed E-state index contributed by atoms with van der Waals surface area (Å²) in [6.07, 6.45) is 3.15. The Morgan fingerprint density at radius 1 is 0.767 bits per heavy atom. The Balaban J connectivity index is 0.951. The van der Waals surface area contributed by atoms with Crippen molar-refractivity contribution in [3.63, 3.8) is 0 Å². The van der Waals surface area contributed by atoms with Gasteiger partial charge in [-0.15, -0.1) is 0 Å². The molecular formula is C20H28O10. The average Bonchev–Trinajstić information content (AvgIpc) is 3.45. The molecule has 0 saturated carbocycles. The van der Waals surface area contributed by atoms with Gasteiger partial charge in [-0.05, 0) is 12.5 Å². The molecule has 6 fully saturated rings. The van der Waals surface area contributed by atoms with Crippen molar-refractivity contribution < 1.29 is 47.4 Å². The first-order chi connectivity index (χ1) is 14.5. The number of fused-ring (bicyclic) bond motifs is 8. The Kier molecular flexibility index (Phi) is 4.87. The van der Waals surface area contributed by atoms with E-state index in [1.165, 1.54) is 0 Å². The highest BCUT2D eigenvalue weighted by Crippen LogP contribution is 2.41. The molecule has 10 nitrogen and oxygen atoms in total. The lowest BCUT2D eigenvalue weighted by Gasteiger charge is -2.36. The lowest BCUT2D eigenvalue weighted by molar-refractivity contribution is -0.379. The van der Waals surface area contributed by atoms with Crippen molar-refractivity contribution in [3.05, 3.63) is 12.3 Å². The van der Waals surface area contributed by atoms with E-state index in [0.717, 1.165) is 0 Å². The molecule has 0 N–H and O–H groups in total. The van der Waals surface area contributed by atoms with Gasteiger partial charge in [0.1, 0.15) is 48.8 Å². The highest BCUT2D eigenvalue weighted by Gasteiger charge is 2.59. The minimum Gasteiger partial charge on any atom is -0.493 e.